The summed E-state index contributed by atoms with van der Waals surface area (Å²) >= 11 is 0. The zero-order valence-electron chi connectivity index (χ0n) is 9.37. The van der Waals surface area contributed by atoms with Gasteiger partial charge in [0.2, 0.25) is 0 Å². The molecule has 0 radical (unpaired) electrons. The van der Waals surface area contributed by atoms with Crippen LogP contribution in [0.3, 0.4) is 0 Å². The number of hydrogen-bond acceptors (Lipinski definition) is 1. The highest BCUT2D eigenvalue weighted by Crippen LogP contribution is 2.35. The van der Waals surface area contributed by atoms with Crippen LogP contribution in [-0.2, 0) is 12.8 Å². The molecule has 1 aromatic rings. The van der Waals surface area contributed by atoms with Crippen molar-refractivity contribution in [1.82, 2.24) is 5.32 Å². The lowest BCUT2D eigenvalue weighted by Gasteiger charge is -2.11. The number of rotatable bonds is 3. The van der Waals surface area contributed by atoms with Crippen molar-refractivity contribution < 1.29 is 0 Å². The van der Waals surface area contributed by atoms with Crippen molar-refractivity contribution in [2.75, 3.05) is 0 Å². The SMILES string of the molecule is CCC1CC1NC1Cc2ccccc2C1. The molecule has 1 heteroatoms. The van der Waals surface area contributed by atoms with Gasteiger partial charge in [0, 0.05) is 12.1 Å². The predicted octanol–water partition coefficient (Wildman–Crippen LogP) is 2.54. The summed E-state index contributed by atoms with van der Waals surface area (Å²) in [5, 5.41) is 3.80. The second-order valence-corrected chi connectivity index (χ2v) is 5.05. The molecule has 0 amide bonds. The Balaban J connectivity index is 1.60. The van der Waals surface area contributed by atoms with E-state index in [9.17, 15) is 0 Å². The minimum atomic E-state index is 0.712. The molecule has 0 aliphatic heterocycles. The fraction of sp³-hybridized carbons (Fsp3) is 0.571. The summed E-state index contributed by atoms with van der Waals surface area (Å²) in [6.45, 7) is 2.30. The first-order chi connectivity index (χ1) is 7.36. The van der Waals surface area contributed by atoms with Gasteiger partial charge in [0.1, 0.15) is 0 Å². The van der Waals surface area contributed by atoms with Crippen LogP contribution in [0.5, 0.6) is 0 Å². The third-order valence-corrected chi connectivity index (χ3v) is 3.95. The summed E-state index contributed by atoms with van der Waals surface area (Å²) in [4.78, 5) is 0. The molecule has 2 unspecified atom stereocenters. The average molecular weight is 201 g/mol. The van der Waals surface area contributed by atoms with Crippen molar-refractivity contribution in [2.24, 2.45) is 5.92 Å². The highest BCUT2D eigenvalue weighted by molar-refractivity contribution is 5.33. The fourth-order valence-electron chi connectivity index (χ4n) is 2.88. The topological polar surface area (TPSA) is 12.0 Å². The van der Waals surface area contributed by atoms with Gasteiger partial charge in [0.25, 0.3) is 0 Å². The Bertz CT molecular complexity index is 333. The van der Waals surface area contributed by atoms with Crippen LogP contribution in [0, 0.1) is 5.92 Å². The Morgan fingerprint density at radius 1 is 1.20 bits per heavy atom. The largest absolute Gasteiger partial charge is 0.310 e. The van der Waals surface area contributed by atoms with Crippen molar-refractivity contribution in [1.29, 1.82) is 0 Å². The molecule has 2 atom stereocenters. The van der Waals surface area contributed by atoms with E-state index >= 15 is 0 Å². The standard InChI is InChI=1S/C14H19N/c1-2-10-9-14(10)15-13-7-11-5-3-4-6-12(11)8-13/h3-6,10,13-15H,2,7-9H2,1H3. The average Bonchev–Trinajstić information content (AvgIpc) is 2.87. The fourth-order valence-corrected chi connectivity index (χ4v) is 2.88. The molecule has 2 aliphatic carbocycles. The molecule has 1 saturated carbocycles. The molecule has 0 bridgehead atoms. The molecule has 0 heterocycles. The van der Waals surface area contributed by atoms with Gasteiger partial charge in [-0.15, -0.1) is 0 Å². The molecule has 1 N–H and O–H groups in total. The van der Waals surface area contributed by atoms with E-state index in [1.54, 1.807) is 11.1 Å². The molecular weight excluding hydrogens is 182 g/mol. The van der Waals surface area contributed by atoms with Gasteiger partial charge < -0.3 is 5.32 Å². The summed E-state index contributed by atoms with van der Waals surface area (Å²) in [5.74, 6) is 0.966. The maximum absolute atomic E-state index is 3.80. The summed E-state index contributed by atoms with van der Waals surface area (Å²) < 4.78 is 0. The van der Waals surface area contributed by atoms with Crippen LogP contribution < -0.4 is 5.32 Å². The van der Waals surface area contributed by atoms with Crippen LogP contribution in [0.25, 0.3) is 0 Å². The zero-order chi connectivity index (χ0) is 10.3. The van der Waals surface area contributed by atoms with Crippen LogP contribution in [0.1, 0.15) is 30.9 Å². The summed E-state index contributed by atoms with van der Waals surface area (Å²) in [6.07, 6.45) is 5.23. The molecule has 15 heavy (non-hydrogen) atoms. The van der Waals surface area contributed by atoms with Crippen LogP contribution in [0.4, 0.5) is 0 Å². The number of benzene rings is 1. The van der Waals surface area contributed by atoms with E-state index in [1.807, 2.05) is 0 Å². The lowest BCUT2D eigenvalue weighted by molar-refractivity contribution is 0.506. The third-order valence-electron chi connectivity index (χ3n) is 3.95. The number of hydrogen-bond donors (Lipinski definition) is 1. The van der Waals surface area contributed by atoms with Crippen molar-refractivity contribution in [3.8, 4) is 0 Å². The molecule has 1 nitrogen and oxygen atoms in total. The molecule has 0 saturated heterocycles. The maximum atomic E-state index is 3.80. The van der Waals surface area contributed by atoms with Gasteiger partial charge in [-0.05, 0) is 36.3 Å². The lowest BCUT2D eigenvalue weighted by atomic mass is 10.1. The molecule has 1 fully saturated rings. The second-order valence-electron chi connectivity index (χ2n) is 5.05. The van der Waals surface area contributed by atoms with Crippen molar-refractivity contribution in [3.05, 3.63) is 35.4 Å². The van der Waals surface area contributed by atoms with Gasteiger partial charge in [-0.25, -0.2) is 0 Å². The van der Waals surface area contributed by atoms with E-state index < -0.39 is 0 Å². The van der Waals surface area contributed by atoms with Crippen LogP contribution in [-0.4, -0.2) is 12.1 Å². The number of fused-ring (bicyclic) bond motifs is 1. The maximum Gasteiger partial charge on any atom is 0.0151 e. The Labute approximate surface area is 91.9 Å². The van der Waals surface area contributed by atoms with Crippen LogP contribution in [0.2, 0.25) is 0 Å². The minimum absolute atomic E-state index is 0.712. The normalized spacial score (nSPS) is 29.1. The molecule has 1 aromatic carbocycles. The summed E-state index contributed by atoms with van der Waals surface area (Å²) in [7, 11) is 0. The monoisotopic (exact) mass is 201 g/mol. The van der Waals surface area contributed by atoms with E-state index in [0.29, 0.717) is 6.04 Å². The van der Waals surface area contributed by atoms with Crippen molar-refractivity contribution >= 4 is 0 Å². The highest BCUT2D eigenvalue weighted by Gasteiger charge is 2.37. The zero-order valence-corrected chi connectivity index (χ0v) is 9.37. The Kier molecular flexibility index (Phi) is 2.28. The van der Waals surface area contributed by atoms with Gasteiger partial charge in [-0.1, -0.05) is 37.6 Å². The Morgan fingerprint density at radius 3 is 2.40 bits per heavy atom. The molecule has 3 rings (SSSR count). The van der Waals surface area contributed by atoms with Gasteiger partial charge in [-0.2, -0.15) is 0 Å². The van der Waals surface area contributed by atoms with Crippen molar-refractivity contribution in [3.63, 3.8) is 0 Å². The molecule has 0 spiro atoms. The quantitative estimate of drug-likeness (QED) is 0.792. The highest BCUT2D eigenvalue weighted by atomic mass is 15.0. The van der Waals surface area contributed by atoms with E-state index in [1.165, 1.54) is 25.7 Å². The lowest BCUT2D eigenvalue weighted by Crippen LogP contribution is -2.32. The van der Waals surface area contributed by atoms with Gasteiger partial charge in [-0.3, -0.25) is 0 Å². The van der Waals surface area contributed by atoms with Crippen LogP contribution >= 0.6 is 0 Å². The first-order valence-corrected chi connectivity index (χ1v) is 6.19. The molecule has 2 aliphatic rings. The van der Waals surface area contributed by atoms with Gasteiger partial charge in [0.05, 0.1) is 0 Å². The van der Waals surface area contributed by atoms with E-state index in [2.05, 4.69) is 36.5 Å². The van der Waals surface area contributed by atoms with Crippen LogP contribution in [0.15, 0.2) is 24.3 Å². The Hall–Kier alpha value is -0.820. The summed E-state index contributed by atoms with van der Waals surface area (Å²) in [6, 6.07) is 10.4. The smallest absolute Gasteiger partial charge is 0.0151 e. The van der Waals surface area contributed by atoms with E-state index in [0.717, 1.165) is 12.0 Å². The first-order valence-electron chi connectivity index (χ1n) is 6.19. The van der Waals surface area contributed by atoms with E-state index in [4.69, 9.17) is 0 Å². The first kappa shape index (κ1) is 9.41. The third kappa shape index (κ3) is 1.81. The molecular formula is C14H19N. The minimum Gasteiger partial charge on any atom is -0.310 e. The summed E-state index contributed by atoms with van der Waals surface area (Å²) in [5.41, 5.74) is 3.12. The molecule has 0 aromatic heterocycles. The van der Waals surface area contributed by atoms with Gasteiger partial charge in [0.15, 0.2) is 0 Å². The predicted molar refractivity (Wildman–Crippen MR) is 63.0 cm³/mol. The second kappa shape index (κ2) is 3.64. The molecule has 80 valence electrons. The Morgan fingerprint density at radius 2 is 1.87 bits per heavy atom. The van der Waals surface area contributed by atoms with Gasteiger partial charge >= 0.3 is 0 Å². The van der Waals surface area contributed by atoms with E-state index in [-0.39, 0.29) is 0 Å². The van der Waals surface area contributed by atoms with Crippen molar-refractivity contribution in [2.45, 2.75) is 44.7 Å². The number of nitrogens with one attached hydrogen (secondary N) is 1.